The fourth-order valence-electron chi connectivity index (χ4n) is 4.92. The summed E-state index contributed by atoms with van der Waals surface area (Å²) in [6.45, 7) is 1.76. The molecular formula is C29H27FN2O6. The summed E-state index contributed by atoms with van der Waals surface area (Å²) in [7, 11) is 1.48. The molecular weight excluding hydrogens is 491 g/mol. The Morgan fingerprint density at radius 1 is 1.00 bits per heavy atom. The molecule has 2 aliphatic heterocycles. The number of anilines is 1. The van der Waals surface area contributed by atoms with E-state index in [9.17, 15) is 18.8 Å². The number of rotatable bonds is 7. The summed E-state index contributed by atoms with van der Waals surface area (Å²) in [5, 5.41) is 0. The van der Waals surface area contributed by atoms with Gasteiger partial charge in [0.1, 0.15) is 24.6 Å². The second kappa shape index (κ2) is 10.5. The number of nitrogens with zero attached hydrogens (tertiary/aromatic N) is 2. The topological polar surface area (TPSA) is 85.4 Å². The van der Waals surface area contributed by atoms with E-state index in [2.05, 4.69) is 0 Å². The van der Waals surface area contributed by atoms with Crippen LogP contribution in [0.5, 0.6) is 11.5 Å². The minimum Gasteiger partial charge on any atom is -0.493 e. The number of hydrogen-bond acceptors (Lipinski definition) is 6. The Morgan fingerprint density at radius 2 is 1.74 bits per heavy atom. The minimum atomic E-state index is -0.820. The predicted octanol–water partition coefficient (Wildman–Crippen LogP) is 4.11. The van der Waals surface area contributed by atoms with Crippen molar-refractivity contribution in [3.63, 3.8) is 0 Å². The van der Waals surface area contributed by atoms with Crippen molar-refractivity contribution in [2.45, 2.75) is 38.6 Å². The van der Waals surface area contributed by atoms with Crippen molar-refractivity contribution in [3.05, 3.63) is 89.2 Å². The first-order valence-corrected chi connectivity index (χ1v) is 12.3. The van der Waals surface area contributed by atoms with Crippen LogP contribution in [0.1, 0.15) is 34.8 Å². The van der Waals surface area contributed by atoms with Crippen molar-refractivity contribution < 1.29 is 33.0 Å². The molecule has 0 N–H and O–H groups in total. The molecule has 196 valence electrons. The van der Waals surface area contributed by atoms with Crippen molar-refractivity contribution in [2.24, 2.45) is 0 Å². The molecule has 2 heterocycles. The monoisotopic (exact) mass is 518 g/mol. The summed E-state index contributed by atoms with van der Waals surface area (Å²) in [5.41, 5.74) is 2.25. The van der Waals surface area contributed by atoms with Crippen LogP contribution in [0.4, 0.5) is 10.1 Å². The van der Waals surface area contributed by atoms with Crippen molar-refractivity contribution in [3.8, 4) is 11.5 Å². The van der Waals surface area contributed by atoms with Gasteiger partial charge in [-0.3, -0.25) is 14.4 Å². The van der Waals surface area contributed by atoms with Crippen LogP contribution in [-0.2, 0) is 27.5 Å². The number of methoxy groups -OCH3 is 1. The summed E-state index contributed by atoms with van der Waals surface area (Å²) < 4.78 is 30.5. The Bertz CT molecular complexity index is 1360. The third-order valence-corrected chi connectivity index (χ3v) is 6.70. The lowest BCUT2D eigenvalue weighted by molar-refractivity contribution is -0.145. The van der Waals surface area contributed by atoms with Gasteiger partial charge in [-0.1, -0.05) is 42.5 Å². The number of benzene rings is 3. The molecule has 0 spiro atoms. The SMILES string of the molecule is COc1cc2c(cc1OCc1ccccc1)N(Cc1ccc(F)cc1)C(=O)[C@@H]1C[C@@H](OC(C)=O)CN1C2=O. The fourth-order valence-corrected chi connectivity index (χ4v) is 4.92. The van der Waals surface area contributed by atoms with Crippen LogP contribution in [0.25, 0.3) is 0 Å². The maximum Gasteiger partial charge on any atom is 0.302 e. The molecule has 0 aromatic heterocycles. The molecule has 3 aromatic rings. The minimum absolute atomic E-state index is 0.104. The molecule has 5 rings (SSSR count). The average molecular weight is 519 g/mol. The van der Waals surface area contributed by atoms with Gasteiger partial charge in [-0.05, 0) is 29.3 Å². The number of ether oxygens (including phenoxy) is 3. The molecule has 0 radical (unpaired) electrons. The summed E-state index contributed by atoms with van der Waals surface area (Å²) in [6.07, 6.45) is -0.401. The van der Waals surface area contributed by atoms with Crippen LogP contribution in [0.2, 0.25) is 0 Å². The second-order valence-electron chi connectivity index (χ2n) is 9.29. The van der Waals surface area contributed by atoms with Gasteiger partial charge in [0, 0.05) is 19.4 Å². The number of halogens is 1. The van der Waals surface area contributed by atoms with Crippen molar-refractivity contribution in [1.29, 1.82) is 0 Å². The Hall–Kier alpha value is -4.40. The Kier molecular flexibility index (Phi) is 7.00. The van der Waals surface area contributed by atoms with E-state index in [1.807, 2.05) is 30.3 Å². The van der Waals surface area contributed by atoms with Crippen LogP contribution in [0.3, 0.4) is 0 Å². The molecule has 1 saturated heterocycles. The van der Waals surface area contributed by atoms with Crippen molar-refractivity contribution in [1.82, 2.24) is 4.90 Å². The molecule has 3 aromatic carbocycles. The van der Waals surface area contributed by atoms with E-state index in [0.717, 1.165) is 5.56 Å². The molecule has 8 nitrogen and oxygen atoms in total. The smallest absolute Gasteiger partial charge is 0.302 e. The molecule has 2 atom stereocenters. The quantitative estimate of drug-likeness (QED) is 0.438. The second-order valence-corrected chi connectivity index (χ2v) is 9.29. The lowest BCUT2D eigenvalue weighted by Crippen LogP contribution is -2.44. The molecule has 0 unspecified atom stereocenters. The van der Waals surface area contributed by atoms with E-state index in [1.165, 1.54) is 36.0 Å². The molecule has 38 heavy (non-hydrogen) atoms. The van der Waals surface area contributed by atoms with Crippen LogP contribution in [0.15, 0.2) is 66.7 Å². The number of carbonyl (C=O) groups excluding carboxylic acids is 3. The van der Waals surface area contributed by atoms with Gasteiger partial charge in [-0.2, -0.15) is 0 Å². The van der Waals surface area contributed by atoms with Crippen molar-refractivity contribution >= 4 is 23.5 Å². The largest absolute Gasteiger partial charge is 0.493 e. The summed E-state index contributed by atoms with van der Waals surface area (Å²) in [6, 6.07) is 17.8. The fraction of sp³-hybridized carbons (Fsp3) is 0.276. The maximum atomic E-state index is 13.9. The third-order valence-electron chi connectivity index (χ3n) is 6.70. The number of fused-ring (bicyclic) bond motifs is 2. The normalized spacial score (nSPS) is 18.5. The number of esters is 1. The van der Waals surface area contributed by atoms with Gasteiger partial charge >= 0.3 is 5.97 Å². The van der Waals surface area contributed by atoms with Gasteiger partial charge < -0.3 is 24.0 Å². The van der Waals surface area contributed by atoms with Crippen LogP contribution in [0, 0.1) is 5.82 Å². The van der Waals surface area contributed by atoms with E-state index < -0.39 is 18.1 Å². The maximum absolute atomic E-state index is 13.9. The Morgan fingerprint density at radius 3 is 2.42 bits per heavy atom. The summed E-state index contributed by atoms with van der Waals surface area (Å²) >= 11 is 0. The summed E-state index contributed by atoms with van der Waals surface area (Å²) in [4.78, 5) is 42.2. The van der Waals surface area contributed by atoms with Gasteiger partial charge in [-0.15, -0.1) is 0 Å². The molecule has 2 amide bonds. The van der Waals surface area contributed by atoms with E-state index in [1.54, 1.807) is 24.3 Å². The lowest BCUT2D eigenvalue weighted by Gasteiger charge is -2.26. The van der Waals surface area contributed by atoms with Gasteiger partial charge in [0.25, 0.3) is 5.91 Å². The van der Waals surface area contributed by atoms with E-state index >= 15 is 0 Å². The first-order chi connectivity index (χ1) is 18.3. The van der Waals surface area contributed by atoms with E-state index in [4.69, 9.17) is 14.2 Å². The highest BCUT2D eigenvalue weighted by molar-refractivity contribution is 6.11. The zero-order valence-electron chi connectivity index (χ0n) is 21.1. The highest BCUT2D eigenvalue weighted by Crippen LogP contribution is 2.41. The molecule has 0 bridgehead atoms. The van der Waals surface area contributed by atoms with Gasteiger partial charge in [0.2, 0.25) is 5.91 Å². The lowest BCUT2D eigenvalue weighted by atomic mass is 10.1. The van der Waals surface area contributed by atoms with Crippen LogP contribution >= 0.6 is 0 Å². The van der Waals surface area contributed by atoms with E-state index in [-0.39, 0.29) is 49.3 Å². The van der Waals surface area contributed by atoms with Gasteiger partial charge in [0.15, 0.2) is 11.5 Å². The van der Waals surface area contributed by atoms with Crippen LogP contribution in [-0.4, -0.2) is 48.5 Å². The summed E-state index contributed by atoms with van der Waals surface area (Å²) in [5.74, 6) is -0.842. The van der Waals surface area contributed by atoms with Gasteiger partial charge in [0.05, 0.1) is 31.5 Å². The standard InChI is InChI=1S/C29H27FN2O6/c1-18(33)38-22-12-25-29(35)31(15-19-8-10-21(30)11-9-19)24-14-27(37-17-20-6-4-3-5-7-20)26(36-2)13-23(24)28(34)32(25)16-22/h3-11,13-14,22,25H,12,15-17H2,1-2H3/t22-,25+/m1/s1. The Labute approximate surface area is 219 Å². The average Bonchev–Trinajstić information content (AvgIpc) is 3.31. The van der Waals surface area contributed by atoms with Gasteiger partial charge in [-0.25, -0.2) is 4.39 Å². The Balaban J connectivity index is 1.56. The number of carbonyl (C=O) groups is 3. The van der Waals surface area contributed by atoms with Crippen LogP contribution < -0.4 is 14.4 Å². The highest BCUT2D eigenvalue weighted by Gasteiger charge is 2.47. The zero-order valence-corrected chi connectivity index (χ0v) is 21.1. The molecule has 2 aliphatic rings. The highest BCUT2D eigenvalue weighted by atomic mass is 19.1. The third kappa shape index (κ3) is 5.04. The molecule has 1 fully saturated rings. The number of amides is 2. The molecule has 0 aliphatic carbocycles. The molecule has 0 saturated carbocycles. The van der Waals surface area contributed by atoms with E-state index in [0.29, 0.717) is 22.7 Å². The predicted molar refractivity (Wildman–Crippen MR) is 136 cm³/mol. The number of hydrogen-bond donors (Lipinski definition) is 0. The first kappa shape index (κ1) is 25.3. The first-order valence-electron chi connectivity index (χ1n) is 12.3. The molecule has 9 heteroatoms. The zero-order chi connectivity index (χ0) is 26.8. The van der Waals surface area contributed by atoms with Crippen molar-refractivity contribution in [2.75, 3.05) is 18.6 Å².